The lowest BCUT2D eigenvalue weighted by molar-refractivity contribution is 0.0789. The molecule has 0 atom stereocenters. The van der Waals surface area contributed by atoms with Gasteiger partial charge in [0, 0.05) is 19.5 Å². The van der Waals surface area contributed by atoms with E-state index in [-0.39, 0.29) is 5.91 Å². The highest BCUT2D eigenvalue weighted by atomic mass is 16.3. The van der Waals surface area contributed by atoms with Gasteiger partial charge in [-0.05, 0) is 6.07 Å². The van der Waals surface area contributed by atoms with Gasteiger partial charge in [0.25, 0.3) is 5.91 Å². The van der Waals surface area contributed by atoms with Gasteiger partial charge < -0.3 is 9.32 Å². The summed E-state index contributed by atoms with van der Waals surface area (Å²) in [6, 6.07) is 1.75. The second kappa shape index (κ2) is 3.84. The first-order valence-corrected chi connectivity index (χ1v) is 4.89. The van der Waals surface area contributed by atoms with E-state index in [2.05, 4.69) is 5.32 Å². The fourth-order valence-electron chi connectivity index (χ4n) is 1.66. The maximum atomic E-state index is 11.9. The summed E-state index contributed by atoms with van der Waals surface area (Å²) in [7, 11) is 0. The van der Waals surface area contributed by atoms with E-state index in [4.69, 9.17) is 4.42 Å². The van der Waals surface area contributed by atoms with Crippen LogP contribution < -0.4 is 5.32 Å². The molecule has 2 rings (SSSR count). The van der Waals surface area contributed by atoms with Gasteiger partial charge in [0.05, 0.1) is 18.5 Å². The zero-order valence-electron chi connectivity index (χ0n) is 8.25. The van der Waals surface area contributed by atoms with Gasteiger partial charge >= 0.3 is 0 Å². The van der Waals surface area contributed by atoms with Crippen LogP contribution in [-0.4, -0.2) is 30.6 Å². The number of aryl methyl sites for hydroxylation is 1. The van der Waals surface area contributed by atoms with E-state index in [9.17, 15) is 4.79 Å². The normalized spacial score (nSPS) is 16.2. The number of nitrogens with one attached hydrogen (secondary N) is 1. The third-order valence-electron chi connectivity index (χ3n) is 2.45. The molecule has 0 aliphatic carbocycles. The van der Waals surface area contributed by atoms with E-state index in [0.717, 1.165) is 25.3 Å². The van der Waals surface area contributed by atoms with Crippen molar-refractivity contribution in [1.29, 1.82) is 0 Å². The summed E-state index contributed by atoms with van der Waals surface area (Å²) in [5.41, 5.74) is 0.705. The number of carbonyl (C=O) groups is 1. The molecule has 0 bridgehead atoms. The van der Waals surface area contributed by atoms with E-state index in [0.29, 0.717) is 12.2 Å². The summed E-state index contributed by atoms with van der Waals surface area (Å²) in [6.45, 7) is 4.29. The van der Waals surface area contributed by atoms with Crippen molar-refractivity contribution >= 4 is 5.91 Å². The number of carbonyl (C=O) groups excluding carboxylic acids is 1. The Bertz CT molecular complexity index is 327. The predicted molar refractivity (Wildman–Crippen MR) is 52.0 cm³/mol. The van der Waals surface area contributed by atoms with Gasteiger partial charge in [-0.2, -0.15) is 0 Å². The minimum Gasteiger partial charge on any atom is -0.469 e. The molecule has 4 heteroatoms. The van der Waals surface area contributed by atoms with Gasteiger partial charge in [0.2, 0.25) is 0 Å². The first kappa shape index (κ1) is 9.27. The number of rotatable bonds is 2. The second-order valence-corrected chi connectivity index (χ2v) is 3.34. The first-order valence-electron chi connectivity index (χ1n) is 4.89. The van der Waals surface area contributed by atoms with E-state index in [1.807, 2.05) is 6.92 Å². The monoisotopic (exact) mass is 194 g/mol. The second-order valence-electron chi connectivity index (χ2n) is 3.34. The predicted octanol–water partition coefficient (Wildman–Crippen LogP) is 0.845. The van der Waals surface area contributed by atoms with E-state index in [1.54, 1.807) is 17.2 Å². The highest BCUT2D eigenvalue weighted by molar-refractivity contribution is 5.95. The molecule has 0 spiro atoms. The van der Waals surface area contributed by atoms with Crippen molar-refractivity contribution in [3.05, 3.63) is 23.7 Å². The van der Waals surface area contributed by atoms with Crippen LogP contribution in [-0.2, 0) is 6.42 Å². The molecule has 1 aliphatic rings. The largest absolute Gasteiger partial charge is 0.469 e. The molecule has 1 N–H and O–H groups in total. The van der Waals surface area contributed by atoms with Crippen LogP contribution in [0.4, 0.5) is 0 Å². The number of hydrogen-bond donors (Lipinski definition) is 1. The number of hydrogen-bond acceptors (Lipinski definition) is 3. The fraction of sp³-hybridized carbons (Fsp3) is 0.500. The molecule has 1 aromatic rings. The highest BCUT2D eigenvalue weighted by Crippen LogP contribution is 2.14. The number of nitrogens with zero attached hydrogens (tertiary/aromatic N) is 1. The van der Waals surface area contributed by atoms with Crippen molar-refractivity contribution in [2.24, 2.45) is 0 Å². The molecular weight excluding hydrogens is 180 g/mol. The molecule has 1 fully saturated rings. The molecule has 4 nitrogen and oxygen atoms in total. The van der Waals surface area contributed by atoms with Crippen LogP contribution in [0.2, 0.25) is 0 Å². The van der Waals surface area contributed by atoms with Crippen LogP contribution in [0.25, 0.3) is 0 Å². The molecule has 1 amide bonds. The van der Waals surface area contributed by atoms with Crippen LogP contribution in [0.3, 0.4) is 0 Å². The third kappa shape index (κ3) is 1.53. The molecule has 76 valence electrons. The van der Waals surface area contributed by atoms with Crippen molar-refractivity contribution in [2.45, 2.75) is 13.3 Å². The topological polar surface area (TPSA) is 45.5 Å². The lowest BCUT2D eigenvalue weighted by Crippen LogP contribution is -2.29. The fourth-order valence-corrected chi connectivity index (χ4v) is 1.66. The zero-order valence-corrected chi connectivity index (χ0v) is 8.25. The molecule has 0 radical (unpaired) electrons. The van der Waals surface area contributed by atoms with Crippen molar-refractivity contribution in [2.75, 3.05) is 19.8 Å². The Morgan fingerprint density at radius 1 is 1.71 bits per heavy atom. The van der Waals surface area contributed by atoms with Crippen molar-refractivity contribution in [3.8, 4) is 0 Å². The molecule has 1 aliphatic heterocycles. The molecule has 2 heterocycles. The number of amides is 1. The molecule has 1 aromatic heterocycles. The summed E-state index contributed by atoms with van der Waals surface area (Å²) in [5.74, 6) is 0.850. The Morgan fingerprint density at radius 3 is 3.21 bits per heavy atom. The van der Waals surface area contributed by atoms with Crippen LogP contribution in [0, 0.1) is 0 Å². The average molecular weight is 194 g/mol. The molecule has 0 saturated carbocycles. The minimum absolute atomic E-state index is 0.0700. The van der Waals surface area contributed by atoms with E-state index in [1.165, 1.54) is 0 Å². The smallest absolute Gasteiger partial charge is 0.258 e. The first-order chi connectivity index (χ1) is 6.83. The maximum Gasteiger partial charge on any atom is 0.258 e. The Kier molecular flexibility index (Phi) is 2.54. The quantitative estimate of drug-likeness (QED) is 0.759. The van der Waals surface area contributed by atoms with Gasteiger partial charge in [-0.1, -0.05) is 6.92 Å². The average Bonchev–Trinajstić information content (AvgIpc) is 2.87. The highest BCUT2D eigenvalue weighted by Gasteiger charge is 2.22. The lowest BCUT2D eigenvalue weighted by atomic mass is 10.2. The maximum absolute atomic E-state index is 11.9. The zero-order chi connectivity index (χ0) is 9.97. The van der Waals surface area contributed by atoms with E-state index >= 15 is 0 Å². The van der Waals surface area contributed by atoms with Gasteiger partial charge in [-0.15, -0.1) is 0 Å². The minimum atomic E-state index is 0.0700. The summed E-state index contributed by atoms with van der Waals surface area (Å²) in [5, 5.41) is 3.13. The molecule has 0 aromatic carbocycles. The molecule has 0 unspecified atom stereocenters. The van der Waals surface area contributed by atoms with Gasteiger partial charge in [-0.25, -0.2) is 0 Å². The van der Waals surface area contributed by atoms with Crippen LogP contribution >= 0.6 is 0 Å². The summed E-state index contributed by atoms with van der Waals surface area (Å²) < 4.78 is 5.23. The Labute approximate surface area is 82.9 Å². The molecule has 1 saturated heterocycles. The standard InChI is InChI=1S/C10H14N2O2/c1-2-9-8(3-6-14-9)10(13)12-5-4-11-7-12/h3,6,11H,2,4-5,7H2,1H3. The summed E-state index contributed by atoms with van der Waals surface area (Å²) >= 11 is 0. The van der Waals surface area contributed by atoms with Crippen molar-refractivity contribution in [3.63, 3.8) is 0 Å². The van der Waals surface area contributed by atoms with Gasteiger partial charge in [0.15, 0.2) is 0 Å². The lowest BCUT2D eigenvalue weighted by Gasteiger charge is -2.13. The van der Waals surface area contributed by atoms with Crippen LogP contribution in [0.15, 0.2) is 16.7 Å². The van der Waals surface area contributed by atoms with Gasteiger partial charge in [0.1, 0.15) is 5.76 Å². The Hall–Kier alpha value is -1.29. The van der Waals surface area contributed by atoms with Crippen LogP contribution in [0.5, 0.6) is 0 Å². The van der Waals surface area contributed by atoms with Crippen molar-refractivity contribution in [1.82, 2.24) is 10.2 Å². The van der Waals surface area contributed by atoms with E-state index < -0.39 is 0 Å². The van der Waals surface area contributed by atoms with Crippen molar-refractivity contribution < 1.29 is 9.21 Å². The van der Waals surface area contributed by atoms with Gasteiger partial charge in [-0.3, -0.25) is 10.1 Å². The Balaban J connectivity index is 2.17. The molecule has 14 heavy (non-hydrogen) atoms. The summed E-state index contributed by atoms with van der Waals surface area (Å²) in [4.78, 5) is 13.7. The molecular formula is C10H14N2O2. The van der Waals surface area contributed by atoms with Crippen LogP contribution in [0.1, 0.15) is 23.0 Å². The SMILES string of the molecule is CCc1occc1C(=O)N1CCNC1. The third-order valence-corrected chi connectivity index (χ3v) is 2.45. The number of furan rings is 1. The summed E-state index contributed by atoms with van der Waals surface area (Å²) in [6.07, 6.45) is 2.34. The Morgan fingerprint density at radius 2 is 2.57 bits per heavy atom.